The van der Waals surface area contributed by atoms with Crippen LogP contribution in [0.2, 0.25) is 0 Å². The third-order valence-electron chi connectivity index (χ3n) is 7.20. The number of ether oxygens (including phenoxy) is 2. The van der Waals surface area contributed by atoms with Crippen molar-refractivity contribution in [1.82, 2.24) is 25.0 Å². The number of para-hydroxylation sites is 1. The number of nitrogens with one attached hydrogen (secondary N) is 1. The summed E-state index contributed by atoms with van der Waals surface area (Å²) >= 11 is 0. The van der Waals surface area contributed by atoms with Gasteiger partial charge in [-0.2, -0.15) is 0 Å². The van der Waals surface area contributed by atoms with E-state index >= 15 is 0 Å². The number of phenols is 1. The molecule has 2 fully saturated rings. The normalized spacial score (nSPS) is 24.3. The van der Waals surface area contributed by atoms with Gasteiger partial charge in [-0.25, -0.2) is 4.98 Å². The molecule has 3 amide bonds. The van der Waals surface area contributed by atoms with Crippen molar-refractivity contribution in [3.63, 3.8) is 0 Å². The molecule has 0 spiro atoms. The van der Waals surface area contributed by atoms with E-state index in [1.54, 1.807) is 40.3 Å². The van der Waals surface area contributed by atoms with E-state index in [-0.39, 0.29) is 55.2 Å². The summed E-state index contributed by atoms with van der Waals surface area (Å²) in [5, 5.41) is 13.4. The van der Waals surface area contributed by atoms with Gasteiger partial charge in [0.25, 0.3) is 5.91 Å². The van der Waals surface area contributed by atoms with Gasteiger partial charge >= 0.3 is 0 Å². The topological polar surface area (TPSA) is 125 Å². The van der Waals surface area contributed by atoms with Gasteiger partial charge in [0.1, 0.15) is 24.5 Å². The number of phenolic OH excluding ortho intramolecular Hbond substituents is 1. The Morgan fingerprint density at radius 1 is 1.19 bits per heavy atom. The SMILES string of the molecule is COCC(=O)N1CCN2C(=O)[C@@H]3C[C@@H](CN3Cc3ccccc3O)NC(=O)c3cccnc3OC[C@@H]2C1. The van der Waals surface area contributed by atoms with Crippen molar-refractivity contribution in [1.29, 1.82) is 0 Å². The minimum Gasteiger partial charge on any atom is -0.508 e. The van der Waals surface area contributed by atoms with Crippen molar-refractivity contribution < 1.29 is 29.0 Å². The maximum absolute atomic E-state index is 14.0. The van der Waals surface area contributed by atoms with Crippen LogP contribution < -0.4 is 10.1 Å². The van der Waals surface area contributed by atoms with Crippen molar-refractivity contribution in [2.45, 2.75) is 31.1 Å². The van der Waals surface area contributed by atoms with Gasteiger partial charge < -0.3 is 29.7 Å². The van der Waals surface area contributed by atoms with Crippen LogP contribution in [0.25, 0.3) is 0 Å². The Kier molecular flexibility index (Phi) is 7.24. The van der Waals surface area contributed by atoms with Crippen LogP contribution in [0.3, 0.4) is 0 Å². The molecular weight excluding hydrogens is 478 g/mol. The molecule has 2 bridgehead atoms. The number of carbonyl (C=O) groups excluding carboxylic acids is 3. The summed E-state index contributed by atoms with van der Waals surface area (Å²) in [5.74, 6) is -0.201. The lowest BCUT2D eigenvalue weighted by molar-refractivity contribution is -0.148. The number of carbonyl (C=O) groups is 3. The lowest BCUT2D eigenvalue weighted by Crippen LogP contribution is -2.61. The number of fused-ring (bicyclic) bond motifs is 4. The Balaban J connectivity index is 1.47. The van der Waals surface area contributed by atoms with Crippen LogP contribution >= 0.6 is 0 Å². The molecule has 2 saturated heterocycles. The Morgan fingerprint density at radius 3 is 2.84 bits per heavy atom. The molecule has 3 atom stereocenters. The molecule has 0 radical (unpaired) electrons. The Labute approximate surface area is 215 Å². The molecule has 3 aliphatic heterocycles. The quantitative estimate of drug-likeness (QED) is 0.601. The highest BCUT2D eigenvalue weighted by atomic mass is 16.5. The fraction of sp³-hybridized carbons (Fsp3) is 0.462. The molecule has 37 heavy (non-hydrogen) atoms. The lowest BCUT2D eigenvalue weighted by atomic mass is 10.1. The zero-order chi connectivity index (χ0) is 25.9. The smallest absolute Gasteiger partial charge is 0.257 e. The Hall–Kier alpha value is -3.70. The number of aromatic hydroxyl groups is 1. The monoisotopic (exact) mass is 509 g/mol. The lowest BCUT2D eigenvalue weighted by Gasteiger charge is -2.43. The number of hydrogen-bond acceptors (Lipinski definition) is 8. The highest BCUT2D eigenvalue weighted by molar-refractivity contribution is 5.96. The number of amides is 3. The summed E-state index contributed by atoms with van der Waals surface area (Å²) in [6.07, 6.45) is 1.99. The first-order valence-corrected chi connectivity index (χ1v) is 12.4. The molecule has 0 aliphatic carbocycles. The molecule has 1 aromatic heterocycles. The highest BCUT2D eigenvalue weighted by Crippen LogP contribution is 2.28. The van der Waals surface area contributed by atoms with E-state index in [0.717, 1.165) is 0 Å². The molecule has 11 nitrogen and oxygen atoms in total. The molecule has 0 saturated carbocycles. The van der Waals surface area contributed by atoms with Crippen LogP contribution in [0.1, 0.15) is 22.3 Å². The number of hydrogen-bond donors (Lipinski definition) is 2. The predicted octanol–water partition coefficient (Wildman–Crippen LogP) is 0.238. The second-order valence-corrected chi connectivity index (χ2v) is 9.61. The molecule has 4 heterocycles. The van der Waals surface area contributed by atoms with Gasteiger partial charge in [-0.15, -0.1) is 0 Å². The summed E-state index contributed by atoms with van der Waals surface area (Å²) < 4.78 is 11.0. The third kappa shape index (κ3) is 5.23. The first-order chi connectivity index (χ1) is 17.9. The number of methoxy groups -OCH3 is 1. The number of pyridine rings is 1. The van der Waals surface area contributed by atoms with Crippen molar-refractivity contribution in [2.24, 2.45) is 0 Å². The van der Waals surface area contributed by atoms with E-state index in [1.165, 1.54) is 7.11 Å². The Morgan fingerprint density at radius 2 is 2.03 bits per heavy atom. The summed E-state index contributed by atoms with van der Waals surface area (Å²) in [6, 6.07) is 9.19. The summed E-state index contributed by atoms with van der Waals surface area (Å²) in [7, 11) is 1.47. The van der Waals surface area contributed by atoms with Crippen LogP contribution in [0.5, 0.6) is 11.6 Å². The zero-order valence-electron chi connectivity index (χ0n) is 20.7. The van der Waals surface area contributed by atoms with Gasteiger partial charge in [-0.1, -0.05) is 18.2 Å². The number of aromatic nitrogens is 1. The third-order valence-corrected chi connectivity index (χ3v) is 7.20. The molecule has 196 valence electrons. The molecule has 5 rings (SSSR count). The van der Waals surface area contributed by atoms with Gasteiger partial charge in [0.15, 0.2) is 0 Å². The van der Waals surface area contributed by atoms with Gasteiger partial charge in [0.2, 0.25) is 17.7 Å². The zero-order valence-corrected chi connectivity index (χ0v) is 20.7. The van der Waals surface area contributed by atoms with Crippen LogP contribution in [-0.4, -0.2) is 107 Å². The fourth-order valence-corrected chi connectivity index (χ4v) is 5.34. The van der Waals surface area contributed by atoms with Gasteiger partial charge in [-0.3, -0.25) is 19.3 Å². The van der Waals surface area contributed by atoms with Crippen LogP contribution in [-0.2, 0) is 20.9 Å². The summed E-state index contributed by atoms with van der Waals surface area (Å²) in [6.45, 7) is 1.89. The predicted molar refractivity (Wildman–Crippen MR) is 132 cm³/mol. The van der Waals surface area contributed by atoms with Crippen molar-refractivity contribution in [3.8, 4) is 11.6 Å². The van der Waals surface area contributed by atoms with E-state index in [2.05, 4.69) is 10.3 Å². The minimum absolute atomic E-state index is 0.0370. The first kappa shape index (κ1) is 25.0. The Bertz CT molecular complexity index is 1180. The standard InChI is InChI=1S/C26H31N5O6/c1-36-16-23(33)29-9-10-31-19(14-29)15-37-25-20(6-4-8-27-25)24(34)28-18-11-21(26(31)35)30(13-18)12-17-5-2-3-7-22(17)32/h2-8,18-19,21,32H,9-16H2,1H3,(H,28,34)/t18-,19-,21-/m0/s1. The van der Waals surface area contributed by atoms with Crippen LogP contribution in [0.15, 0.2) is 42.6 Å². The maximum atomic E-state index is 14.0. The van der Waals surface area contributed by atoms with E-state index in [0.29, 0.717) is 43.7 Å². The molecular formula is C26H31N5O6. The number of likely N-dealkylation sites (tertiary alicyclic amines) is 1. The number of piperazine rings is 1. The molecule has 2 N–H and O–H groups in total. The van der Waals surface area contributed by atoms with E-state index < -0.39 is 12.1 Å². The molecule has 1 aromatic carbocycles. The van der Waals surface area contributed by atoms with E-state index in [1.807, 2.05) is 17.0 Å². The average molecular weight is 510 g/mol. The molecule has 11 heteroatoms. The van der Waals surface area contributed by atoms with E-state index in [9.17, 15) is 19.5 Å². The number of nitrogens with zero attached hydrogens (tertiary/aromatic N) is 4. The van der Waals surface area contributed by atoms with E-state index in [4.69, 9.17) is 9.47 Å². The average Bonchev–Trinajstić information content (AvgIpc) is 3.30. The van der Waals surface area contributed by atoms with Crippen LogP contribution in [0.4, 0.5) is 0 Å². The van der Waals surface area contributed by atoms with Crippen molar-refractivity contribution in [3.05, 3.63) is 53.7 Å². The maximum Gasteiger partial charge on any atom is 0.257 e. The summed E-state index contributed by atoms with van der Waals surface area (Å²) in [5.41, 5.74) is 1.03. The minimum atomic E-state index is -0.499. The number of rotatable bonds is 4. The van der Waals surface area contributed by atoms with Gasteiger partial charge in [-0.05, 0) is 24.6 Å². The second-order valence-electron chi connectivity index (χ2n) is 9.61. The molecule has 3 aliphatic rings. The van der Waals surface area contributed by atoms with Crippen molar-refractivity contribution >= 4 is 17.7 Å². The second kappa shape index (κ2) is 10.7. The molecule has 0 unspecified atom stereocenters. The molecule has 2 aromatic rings. The largest absolute Gasteiger partial charge is 0.508 e. The first-order valence-electron chi connectivity index (χ1n) is 12.4. The summed E-state index contributed by atoms with van der Waals surface area (Å²) in [4.78, 5) is 49.4. The fourth-order valence-electron chi connectivity index (χ4n) is 5.34. The van der Waals surface area contributed by atoms with Crippen molar-refractivity contribution in [2.75, 3.05) is 46.5 Å². The van der Waals surface area contributed by atoms with Crippen LogP contribution in [0, 0.1) is 0 Å². The number of benzene rings is 1. The van der Waals surface area contributed by atoms with Gasteiger partial charge in [0.05, 0.1) is 12.1 Å². The highest BCUT2D eigenvalue weighted by Gasteiger charge is 2.43. The van der Waals surface area contributed by atoms with Gasteiger partial charge in [0, 0.05) is 57.6 Å².